The molecule has 1 rings (SSSR count). The first kappa shape index (κ1) is 13.7. The molecule has 0 amide bonds. The van der Waals surface area contributed by atoms with E-state index in [1.165, 1.54) is 18.9 Å². The van der Waals surface area contributed by atoms with Crippen LogP contribution in [-0.4, -0.2) is 6.61 Å². The minimum absolute atomic E-state index is 0.233. The lowest BCUT2D eigenvalue weighted by Gasteiger charge is -2.10. The second kappa shape index (κ2) is 7.02. The molecule has 1 aromatic rings. The molecule has 0 heterocycles. The Kier molecular flexibility index (Phi) is 5.99. The molecular formula is C13H18BrFO. The van der Waals surface area contributed by atoms with E-state index >= 15 is 0 Å². The van der Waals surface area contributed by atoms with E-state index in [0.29, 0.717) is 17.0 Å². The molecule has 0 saturated carbocycles. The normalized spacial score (nSPS) is 12.8. The summed E-state index contributed by atoms with van der Waals surface area (Å²) in [7, 11) is 0. The van der Waals surface area contributed by atoms with Gasteiger partial charge >= 0.3 is 0 Å². The fourth-order valence-electron chi connectivity index (χ4n) is 1.58. The molecule has 0 aliphatic carbocycles. The Balaban J connectivity index is 2.34. The van der Waals surface area contributed by atoms with Gasteiger partial charge in [0.1, 0.15) is 5.82 Å². The van der Waals surface area contributed by atoms with Crippen LogP contribution in [0.1, 0.15) is 32.3 Å². The van der Waals surface area contributed by atoms with Gasteiger partial charge in [-0.25, -0.2) is 4.39 Å². The minimum atomic E-state index is -0.233. The molecular weight excluding hydrogens is 271 g/mol. The molecule has 0 aromatic heterocycles. The van der Waals surface area contributed by atoms with E-state index in [1.54, 1.807) is 12.1 Å². The molecule has 0 radical (unpaired) electrons. The van der Waals surface area contributed by atoms with Gasteiger partial charge in [-0.3, -0.25) is 0 Å². The van der Waals surface area contributed by atoms with Crippen LogP contribution < -0.4 is 0 Å². The maximum absolute atomic E-state index is 13.0. The van der Waals surface area contributed by atoms with E-state index in [1.807, 2.05) is 0 Å². The number of rotatable bonds is 6. The zero-order chi connectivity index (χ0) is 12.0. The summed E-state index contributed by atoms with van der Waals surface area (Å²) >= 11 is 3.16. The van der Waals surface area contributed by atoms with Gasteiger partial charge in [-0.2, -0.15) is 0 Å². The average Bonchev–Trinajstić information content (AvgIpc) is 2.24. The fourth-order valence-corrected chi connectivity index (χ4v) is 2.01. The van der Waals surface area contributed by atoms with E-state index in [2.05, 4.69) is 29.8 Å². The molecule has 90 valence electrons. The van der Waals surface area contributed by atoms with E-state index in [9.17, 15) is 4.39 Å². The fraction of sp³-hybridized carbons (Fsp3) is 0.538. The summed E-state index contributed by atoms with van der Waals surface area (Å²) in [5.74, 6) is 0.358. The SMILES string of the molecule is CCCC(C)COCc1ccc(F)c(Br)c1. The summed E-state index contributed by atoms with van der Waals surface area (Å²) in [6.07, 6.45) is 2.37. The maximum Gasteiger partial charge on any atom is 0.137 e. The highest BCUT2D eigenvalue weighted by molar-refractivity contribution is 9.10. The van der Waals surface area contributed by atoms with Gasteiger partial charge in [0.2, 0.25) is 0 Å². The van der Waals surface area contributed by atoms with Crippen molar-refractivity contribution < 1.29 is 9.13 Å². The number of halogens is 2. The predicted octanol–water partition coefficient (Wildman–Crippen LogP) is 4.54. The topological polar surface area (TPSA) is 9.23 Å². The van der Waals surface area contributed by atoms with Crippen LogP contribution in [0.25, 0.3) is 0 Å². The maximum atomic E-state index is 13.0. The van der Waals surface area contributed by atoms with Crippen LogP contribution >= 0.6 is 15.9 Å². The summed E-state index contributed by atoms with van der Waals surface area (Å²) in [6, 6.07) is 4.97. The summed E-state index contributed by atoms with van der Waals surface area (Å²) < 4.78 is 19.0. The standard InChI is InChI=1S/C13H18BrFO/c1-3-4-10(2)8-16-9-11-5-6-13(15)12(14)7-11/h5-7,10H,3-4,8-9H2,1-2H3. The summed E-state index contributed by atoms with van der Waals surface area (Å²) in [6.45, 7) is 5.67. The monoisotopic (exact) mass is 288 g/mol. The summed E-state index contributed by atoms with van der Waals surface area (Å²) in [5.41, 5.74) is 0.997. The molecule has 0 N–H and O–H groups in total. The molecule has 1 atom stereocenters. The molecule has 0 spiro atoms. The first-order valence-electron chi connectivity index (χ1n) is 5.65. The quantitative estimate of drug-likeness (QED) is 0.747. The summed E-state index contributed by atoms with van der Waals surface area (Å²) in [5, 5.41) is 0. The lowest BCUT2D eigenvalue weighted by molar-refractivity contribution is 0.0893. The summed E-state index contributed by atoms with van der Waals surface area (Å²) in [4.78, 5) is 0. The second-order valence-electron chi connectivity index (χ2n) is 4.16. The molecule has 0 aliphatic rings. The smallest absolute Gasteiger partial charge is 0.137 e. The Morgan fingerprint density at radius 3 is 2.81 bits per heavy atom. The van der Waals surface area contributed by atoms with E-state index in [4.69, 9.17) is 4.74 Å². The first-order valence-corrected chi connectivity index (χ1v) is 6.44. The van der Waals surface area contributed by atoms with E-state index in [0.717, 1.165) is 12.2 Å². The van der Waals surface area contributed by atoms with E-state index < -0.39 is 0 Å². The Hall–Kier alpha value is -0.410. The molecule has 1 nitrogen and oxygen atoms in total. The van der Waals surface area contributed by atoms with Crippen LogP contribution in [0.15, 0.2) is 22.7 Å². The van der Waals surface area contributed by atoms with Gasteiger partial charge in [-0.05, 0) is 46.0 Å². The Labute approximate surface area is 105 Å². The van der Waals surface area contributed by atoms with Crippen molar-refractivity contribution in [3.05, 3.63) is 34.1 Å². The molecule has 16 heavy (non-hydrogen) atoms. The lowest BCUT2D eigenvalue weighted by atomic mass is 10.1. The molecule has 0 fully saturated rings. The van der Waals surface area contributed by atoms with Crippen molar-refractivity contribution in [2.24, 2.45) is 5.92 Å². The van der Waals surface area contributed by atoms with Gasteiger partial charge in [0.25, 0.3) is 0 Å². The van der Waals surface area contributed by atoms with Crippen molar-refractivity contribution in [2.45, 2.75) is 33.3 Å². The van der Waals surface area contributed by atoms with Gasteiger partial charge in [-0.15, -0.1) is 0 Å². The van der Waals surface area contributed by atoms with E-state index in [-0.39, 0.29) is 5.82 Å². The van der Waals surface area contributed by atoms with Crippen LogP contribution in [0.4, 0.5) is 4.39 Å². The molecule has 1 aromatic carbocycles. The predicted molar refractivity (Wildman–Crippen MR) is 67.8 cm³/mol. The Morgan fingerprint density at radius 2 is 2.19 bits per heavy atom. The average molecular weight is 289 g/mol. The van der Waals surface area contributed by atoms with Crippen molar-refractivity contribution in [1.29, 1.82) is 0 Å². The van der Waals surface area contributed by atoms with Crippen LogP contribution in [0.3, 0.4) is 0 Å². The van der Waals surface area contributed by atoms with Crippen LogP contribution in [-0.2, 0) is 11.3 Å². The third kappa shape index (κ3) is 4.62. The first-order chi connectivity index (χ1) is 7.63. The van der Waals surface area contributed by atoms with Gasteiger partial charge in [0.15, 0.2) is 0 Å². The molecule has 1 unspecified atom stereocenters. The van der Waals surface area contributed by atoms with Crippen molar-refractivity contribution in [1.82, 2.24) is 0 Å². The van der Waals surface area contributed by atoms with Gasteiger partial charge < -0.3 is 4.74 Å². The third-order valence-corrected chi connectivity index (χ3v) is 3.04. The highest BCUT2D eigenvalue weighted by Crippen LogP contribution is 2.17. The zero-order valence-corrected chi connectivity index (χ0v) is 11.4. The van der Waals surface area contributed by atoms with Crippen molar-refractivity contribution in [3.63, 3.8) is 0 Å². The molecule has 0 bridgehead atoms. The van der Waals surface area contributed by atoms with Crippen LogP contribution in [0.2, 0.25) is 0 Å². The number of hydrogen-bond donors (Lipinski definition) is 0. The number of hydrogen-bond acceptors (Lipinski definition) is 1. The van der Waals surface area contributed by atoms with Gasteiger partial charge in [-0.1, -0.05) is 26.3 Å². The zero-order valence-electron chi connectivity index (χ0n) is 9.80. The minimum Gasteiger partial charge on any atom is -0.376 e. The Bertz CT molecular complexity index is 328. The van der Waals surface area contributed by atoms with Crippen molar-refractivity contribution in [2.75, 3.05) is 6.61 Å². The molecule has 3 heteroatoms. The third-order valence-electron chi connectivity index (χ3n) is 2.44. The largest absolute Gasteiger partial charge is 0.376 e. The van der Waals surface area contributed by atoms with Gasteiger partial charge in [0.05, 0.1) is 11.1 Å². The lowest BCUT2D eigenvalue weighted by Crippen LogP contribution is -2.05. The highest BCUT2D eigenvalue weighted by atomic mass is 79.9. The molecule has 0 aliphatic heterocycles. The van der Waals surface area contributed by atoms with Crippen LogP contribution in [0, 0.1) is 11.7 Å². The number of ether oxygens (including phenoxy) is 1. The highest BCUT2D eigenvalue weighted by Gasteiger charge is 2.03. The number of benzene rings is 1. The van der Waals surface area contributed by atoms with Crippen LogP contribution in [0.5, 0.6) is 0 Å². The van der Waals surface area contributed by atoms with Crippen molar-refractivity contribution >= 4 is 15.9 Å². The van der Waals surface area contributed by atoms with Crippen molar-refractivity contribution in [3.8, 4) is 0 Å². The van der Waals surface area contributed by atoms with Gasteiger partial charge in [0, 0.05) is 6.61 Å². The molecule has 0 saturated heterocycles. The Morgan fingerprint density at radius 1 is 1.44 bits per heavy atom. The second-order valence-corrected chi connectivity index (χ2v) is 5.01.